The number of aromatic nitrogens is 1. The fourth-order valence-corrected chi connectivity index (χ4v) is 2.91. The number of nitrogens with zero attached hydrogens (tertiary/aromatic N) is 1. The lowest BCUT2D eigenvalue weighted by atomic mass is 9.83. The quantitative estimate of drug-likeness (QED) is 0.636. The first-order valence-corrected chi connectivity index (χ1v) is 7.79. The highest BCUT2D eigenvalue weighted by Gasteiger charge is 2.19. The van der Waals surface area contributed by atoms with E-state index in [0.717, 1.165) is 12.3 Å². The molecule has 0 atom stereocenters. The number of carbonyl (C=O) groups excluding carboxylic acids is 1. The maximum Gasteiger partial charge on any atom is 0.265 e. The highest BCUT2D eigenvalue weighted by atomic mass is 32.1. The molecular weight excluding hydrogens is 276 g/mol. The smallest absolute Gasteiger partial charge is 0.265 e. The molecule has 0 bridgehead atoms. The minimum Gasteiger partial charge on any atom is -0.383 e. The topological polar surface area (TPSA) is 89.3 Å². The van der Waals surface area contributed by atoms with Gasteiger partial charge in [0.25, 0.3) is 5.91 Å². The predicted molar refractivity (Wildman–Crippen MR) is 81.2 cm³/mol. The number of thiazole rings is 1. The van der Waals surface area contributed by atoms with Crippen LogP contribution in [0.3, 0.4) is 0 Å². The van der Waals surface area contributed by atoms with Gasteiger partial charge in [0.05, 0.1) is 6.61 Å². The van der Waals surface area contributed by atoms with Crippen LogP contribution in [-0.2, 0) is 4.74 Å². The minimum atomic E-state index is -0.126. The first-order chi connectivity index (χ1) is 9.70. The second-order valence-corrected chi connectivity index (χ2v) is 5.99. The lowest BCUT2D eigenvalue weighted by Gasteiger charge is -2.25. The molecule has 1 aliphatic rings. The number of nitrogens with two attached hydrogens (primary N) is 1. The van der Waals surface area contributed by atoms with Gasteiger partial charge in [-0.3, -0.25) is 4.79 Å². The molecule has 4 N–H and O–H groups in total. The summed E-state index contributed by atoms with van der Waals surface area (Å²) in [6.07, 6.45) is 4.98. The maximum atomic E-state index is 12.0. The zero-order chi connectivity index (χ0) is 14.4. The van der Waals surface area contributed by atoms with Gasteiger partial charge in [0, 0.05) is 20.2 Å². The average molecular weight is 298 g/mol. The van der Waals surface area contributed by atoms with Crippen molar-refractivity contribution in [1.82, 2.24) is 10.3 Å². The van der Waals surface area contributed by atoms with Gasteiger partial charge in [0.15, 0.2) is 5.13 Å². The van der Waals surface area contributed by atoms with E-state index in [1.807, 2.05) is 0 Å². The number of methoxy groups -OCH3 is 1. The summed E-state index contributed by atoms with van der Waals surface area (Å²) >= 11 is 1.28. The molecule has 1 fully saturated rings. The summed E-state index contributed by atoms with van der Waals surface area (Å²) in [7, 11) is 1.64. The van der Waals surface area contributed by atoms with Gasteiger partial charge in [-0.2, -0.15) is 0 Å². The summed E-state index contributed by atoms with van der Waals surface area (Å²) in [5.41, 5.74) is 5.78. The van der Waals surface area contributed by atoms with Gasteiger partial charge >= 0.3 is 0 Å². The van der Waals surface area contributed by atoms with Gasteiger partial charge in [0.1, 0.15) is 10.7 Å². The van der Waals surface area contributed by atoms with E-state index in [1.165, 1.54) is 30.6 Å². The first kappa shape index (κ1) is 15.1. The van der Waals surface area contributed by atoms with Crippen molar-refractivity contribution in [2.75, 3.05) is 37.9 Å². The van der Waals surface area contributed by atoms with Crippen LogP contribution in [0, 0.1) is 5.92 Å². The third-order valence-electron chi connectivity index (χ3n) is 3.50. The van der Waals surface area contributed by atoms with Crippen molar-refractivity contribution in [3.8, 4) is 0 Å². The molecule has 1 saturated carbocycles. The van der Waals surface area contributed by atoms with Gasteiger partial charge in [-0.25, -0.2) is 4.98 Å². The number of nitrogens with one attached hydrogen (secondary N) is 2. The SMILES string of the molecule is COCCNc1nc(N)c(C(=O)NCCC2CCC2)s1. The molecule has 2 rings (SSSR count). The molecule has 7 heteroatoms. The van der Waals surface area contributed by atoms with Crippen LogP contribution in [-0.4, -0.2) is 37.7 Å². The minimum absolute atomic E-state index is 0.126. The summed E-state index contributed by atoms with van der Waals surface area (Å²) in [5, 5.41) is 6.65. The number of anilines is 2. The van der Waals surface area contributed by atoms with Crippen LogP contribution < -0.4 is 16.4 Å². The number of rotatable bonds is 8. The molecule has 0 aromatic carbocycles. The molecule has 1 aromatic heterocycles. The number of hydrogen-bond donors (Lipinski definition) is 3. The second kappa shape index (κ2) is 7.44. The highest BCUT2D eigenvalue weighted by Crippen LogP contribution is 2.29. The molecule has 0 unspecified atom stereocenters. The first-order valence-electron chi connectivity index (χ1n) is 6.98. The van der Waals surface area contributed by atoms with Crippen LogP contribution >= 0.6 is 11.3 Å². The van der Waals surface area contributed by atoms with E-state index in [0.29, 0.717) is 29.7 Å². The molecule has 0 radical (unpaired) electrons. The average Bonchev–Trinajstić information content (AvgIpc) is 2.74. The Kier molecular flexibility index (Phi) is 5.60. The van der Waals surface area contributed by atoms with Gasteiger partial charge in [-0.05, 0) is 12.3 Å². The lowest BCUT2D eigenvalue weighted by Crippen LogP contribution is -2.27. The van der Waals surface area contributed by atoms with Crippen LogP contribution in [0.15, 0.2) is 0 Å². The fraction of sp³-hybridized carbons (Fsp3) is 0.692. The van der Waals surface area contributed by atoms with Crippen molar-refractivity contribution in [3.63, 3.8) is 0 Å². The Morgan fingerprint density at radius 3 is 2.95 bits per heavy atom. The lowest BCUT2D eigenvalue weighted by molar-refractivity contribution is 0.0953. The number of nitrogen functional groups attached to an aromatic ring is 1. The van der Waals surface area contributed by atoms with Gasteiger partial charge in [-0.15, -0.1) is 0 Å². The van der Waals surface area contributed by atoms with Crippen molar-refractivity contribution in [3.05, 3.63) is 4.88 Å². The Morgan fingerprint density at radius 2 is 2.30 bits per heavy atom. The van der Waals surface area contributed by atoms with Crippen LogP contribution in [0.25, 0.3) is 0 Å². The van der Waals surface area contributed by atoms with Crippen molar-refractivity contribution in [1.29, 1.82) is 0 Å². The Morgan fingerprint density at radius 1 is 1.50 bits per heavy atom. The van der Waals surface area contributed by atoms with E-state index in [-0.39, 0.29) is 11.7 Å². The number of carbonyl (C=O) groups is 1. The van der Waals surface area contributed by atoms with E-state index in [2.05, 4.69) is 15.6 Å². The van der Waals surface area contributed by atoms with Crippen LogP contribution in [0.5, 0.6) is 0 Å². The normalized spacial score (nSPS) is 14.8. The van der Waals surface area contributed by atoms with Crippen molar-refractivity contribution < 1.29 is 9.53 Å². The van der Waals surface area contributed by atoms with Crippen molar-refractivity contribution in [2.24, 2.45) is 5.92 Å². The zero-order valence-corrected chi connectivity index (χ0v) is 12.6. The number of hydrogen-bond acceptors (Lipinski definition) is 6. The van der Waals surface area contributed by atoms with E-state index in [9.17, 15) is 4.79 Å². The molecule has 1 aliphatic carbocycles. The van der Waals surface area contributed by atoms with Gasteiger partial charge in [0.2, 0.25) is 0 Å². The summed E-state index contributed by atoms with van der Waals surface area (Å²) in [4.78, 5) is 16.7. The fourth-order valence-electron chi connectivity index (χ4n) is 2.08. The van der Waals surface area contributed by atoms with E-state index >= 15 is 0 Å². The monoisotopic (exact) mass is 298 g/mol. The maximum absolute atomic E-state index is 12.0. The third-order valence-corrected chi connectivity index (χ3v) is 4.53. The van der Waals surface area contributed by atoms with E-state index in [1.54, 1.807) is 7.11 Å². The molecule has 6 nitrogen and oxygen atoms in total. The molecule has 0 spiro atoms. The Balaban J connectivity index is 1.78. The molecule has 1 aromatic rings. The Hall–Kier alpha value is -1.34. The van der Waals surface area contributed by atoms with Gasteiger partial charge < -0.3 is 21.1 Å². The largest absolute Gasteiger partial charge is 0.383 e. The van der Waals surface area contributed by atoms with E-state index in [4.69, 9.17) is 10.5 Å². The zero-order valence-electron chi connectivity index (χ0n) is 11.8. The third kappa shape index (κ3) is 4.08. The van der Waals surface area contributed by atoms with Crippen molar-refractivity contribution in [2.45, 2.75) is 25.7 Å². The molecule has 0 saturated heterocycles. The molecule has 112 valence electrons. The summed E-state index contributed by atoms with van der Waals surface area (Å²) < 4.78 is 4.94. The Labute approximate surface area is 123 Å². The highest BCUT2D eigenvalue weighted by molar-refractivity contribution is 7.18. The molecular formula is C13H22N4O2S. The number of ether oxygens (including phenoxy) is 1. The Bertz CT molecular complexity index is 446. The molecule has 1 heterocycles. The number of amides is 1. The second-order valence-electron chi connectivity index (χ2n) is 4.99. The van der Waals surface area contributed by atoms with Crippen molar-refractivity contribution >= 4 is 28.2 Å². The van der Waals surface area contributed by atoms with Crippen LogP contribution in [0.4, 0.5) is 10.9 Å². The van der Waals surface area contributed by atoms with Crippen LogP contribution in [0.2, 0.25) is 0 Å². The molecule has 0 aliphatic heterocycles. The van der Waals surface area contributed by atoms with Gasteiger partial charge in [-0.1, -0.05) is 30.6 Å². The summed E-state index contributed by atoms with van der Waals surface area (Å²) in [6.45, 7) is 1.95. The molecule has 20 heavy (non-hydrogen) atoms. The van der Waals surface area contributed by atoms with E-state index < -0.39 is 0 Å². The molecule has 1 amide bonds. The summed E-state index contributed by atoms with van der Waals surface area (Å²) in [6, 6.07) is 0. The standard InChI is InChI=1S/C13H22N4O2S/c1-19-8-7-16-13-17-11(14)10(20-13)12(18)15-6-5-9-3-2-4-9/h9H,2-8,14H2,1H3,(H,15,18)(H,16,17). The predicted octanol–water partition coefficient (Wildman–Crippen LogP) is 1.70. The van der Waals surface area contributed by atoms with Crippen LogP contribution in [0.1, 0.15) is 35.4 Å². The summed E-state index contributed by atoms with van der Waals surface area (Å²) in [5.74, 6) is 0.954.